The molecule has 110 valence electrons. The summed E-state index contributed by atoms with van der Waals surface area (Å²) in [6.07, 6.45) is 1.31. The van der Waals surface area contributed by atoms with Crippen LogP contribution in [0.25, 0.3) is 0 Å². The van der Waals surface area contributed by atoms with E-state index in [4.69, 9.17) is 18.6 Å². The van der Waals surface area contributed by atoms with Gasteiger partial charge < -0.3 is 5.11 Å². The van der Waals surface area contributed by atoms with Gasteiger partial charge in [-0.1, -0.05) is 18.2 Å². The van der Waals surface area contributed by atoms with Crippen LogP contribution in [0.1, 0.15) is 11.1 Å². The molecule has 7 heteroatoms. The van der Waals surface area contributed by atoms with Crippen molar-refractivity contribution in [2.75, 3.05) is 0 Å². The third-order valence-corrected chi connectivity index (χ3v) is 2.54. The van der Waals surface area contributed by atoms with Crippen LogP contribution < -0.4 is 0 Å². The summed E-state index contributed by atoms with van der Waals surface area (Å²) in [5.41, 5.74) is 1.05. The summed E-state index contributed by atoms with van der Waals surface area (Å²) in [6.45, 7) is 1.75. The molecule has 0 saturated heterocycles. The van der Waals surface area contributed by atoms with Crippen LogP contribution >= 0.6 is 18.6 Å². The van der Waals surface area contributed by atoms with Gasteiger partial charge >= 0.3 is 35.6 Å². The van der Waals surface area contributed by atoms with Crippen molar-refractivity contribution in [2.45, 2.75) is 6.92 Å². The van der Waals surface area contributed by atoms with Crippen molar-refractivity contribution in [3.63, 3.8) is 0 Å². The van der Waals surface area contributed by atoms with E-state index in [-0.39, 0.29) is 11.4 Å². The van der Waals surface area contributed by atoms with Gasteiger partial charge in [0.2, 0.25) is 0 Å². The topological polar surface area (TPSA) is 32.6 Å². The number of phenolic OH excluding ortho intramolecular Hbond substituents is 1. The van der Waals surface area contributed by atoms with Crippen LogP contribution in [0, 0.1) is 18.6 Å². The predicted molar refractivity (Wildman–Crippen MR) is 78.2 cm³/mol. The molecular formula is C14H11Cl2F2NOTi. The normalized spacial score (nSPS) is 10.1. The van der Waals surface area contributed by atoms with Crippen molar-refractivity contribution < 1.29 is 30.9 Å². The Balaban J connectivity index is 0.000000677. The molecule has 0 aliphatic rings. The van der Waals surface area contributed by atoms with E-state index >= 15 is 0 Å². The van der Waals surface area contributed by atoms with Crippen molar-refractivity contribution in [3.05, 3.63) is 59.2 Å². The molecule has 1 N–H and O–H groups in total. The third kappa shape index (κ3) is 5.40. The fourth-order valence-electron chi connectivity index (χ4n) is 1.52. The Bertz CT molecular complexity index is 585. The molecule has 0 radical (unpaired) electrons. The monoisotopic (exact) mass is 365 g/mol. The molecule has 21 heavy (non-hydrogen) atoms. The predicted octanol–water partition coefficient (Wildman–Crippen LogP) is 5.11. The van der Waals surface area contributed by atoms with Gasteiger partial charge in [0, 0.05) is 11.8 Å². The Hall–Kier alpha value is -0.936. The number of hydrogen-bond acceptors (Lipinski definition) is 2. The van der Waals surface area contributed by atoms with Gasteiger partial charge in [0.25, 0.3) is 0 Å². The summed E-state index contributed by atoms with van der Waals surface area (Å²) >= 11 is -0.556. The summed E-state index contributed by atoms with van der Waals surface area (Å²) in [5, 5.41) is 9.74. The van der Waals surface area contributed by atoms with E-state index in [2.05, 4.69) is 4.99 Å². The zero-order valence-corrected chi connectivity index (χ0v) is 14.0. The number of halogens is 4. The first-order chi connectivity index (χ1) is 10.0. The molecule has 2 rings (SSSR count). The zero-order valence-electron chi connectivity index (χ0n) is 10.9. The van der Waals surface area contributed by atoms with Gasteiger partial charge in [-0.25, -0.2) is 8.78 Å². The average Bonchev–Trinajstić information content (AvgIpc) is 2.45. The van der Waals surface area contributed by atoms with Crippen molar-refractivity contribution in [1.82, 2.24) is 0 Å². The molecule has 0 aromatic heterocycles. The number of phenols is 1. The number of para-hydroxylation sites is 1. The second kappa shape index (κ2) is 9.16. The van der Waals surface area contributed by atoms with E-state index < -0.39 is 28.7 Å². The Morgan fingerprint density at radius 2 is 1.76 bits per heavy atom. The van der Waals surface area contributed by atoms with Crippen LogP contribution in [-0.4, -0.2) is 11.3 Å². The van der Waals surface area contributed by atoms with Gasteiger partial charge in [0.1, 0.15) is 11.4 Å². The molecule has 0 heterocycles. The molecule has 0 saturated carbocycles. The van der Waals surface area contributed by atoms with Gasteiger partial charge in [0.15, 0.2) is 11.6 Å². The van der Waals surface area contributed by atoms with Gasteiger partial charge in [-0.15, -0.1) is 0 Å². The Kier molecular flexibility index (Phi) is 7.90. The fraction of sp³-hybridized carbons (Fsp3) is 0.0714. The zero-order chi connectivity index (χ0) is 15.8. The molecule has 0 bridgehead atoms. The quantitative estimate of drug-likeness (QED) is 0.582. The van der Waals surface area contributed by atoms with Crippen molar-refractivity contribution in [3.8, 4) is 5.75 Å². The van der Waals surface area contributed by atoms with E-state index in [1.54, 1.807) is 25.1 Å². The first-order valence-electron chi connectivity index (χ1n) is 5.74. The number of nitrogens with zero attached hydrogens (tertiary/aromatic N) is 1. The molecule has 0 fully saturated rings. The van der Waals surface area contributed by atoms with E-state index in [0.717, 1.165) is 6.07 Å². The number of hydrogen-bond donors (Lipinski definition) is 1. The maximum absolute atomic E-state index is 13.3. The van der Waals surface area contributed by atoms with Crippen LogP contribution in [0.15, 0.2) is 41.4 Å². The van der Waals surface area contributed by atoms with E-state index in [0.29, 0.717) is 11.1 Å². The number of aromatic hydroxyl groups is 1. The molecule has 2 aromatic rings. The van der Waals surface area contributed by atoms with Crippen molar-refractivity contribution >= 4 is 30.5 Å². The molecular weight excluding hydrogens is 355 g/mol. The second-order valence-corrected chi connectivity index (χ2v) is 6.49. The fourth-order valence-corrected chi connectivity index (χ4v) is 1.52. The minimum atomic E-state index is -0.999. The minimum absolute atomic E-state index is 0.0815. The summed E-state index contributed by atoms with van der Waals surface area (Å²) in [5.74, 6) is -1.86. The molecule has 2 aromatic carbocycles. The van der Waals surface area contributed by atoms with Gasteiger partial charge in [-0.2, -0.15) is 0 Å². The van der Waals surface area contributed by atoms with E-state index in [9.17, 15) is 13.9 Å². The number of benzene rings is 2. The van der Waals surface area contributed by atoms with Crippen LogP contribution in [-0.2, 0) is 17.0 Å². The average molecular weight is 366 g/mol. The van der Waals surface area contributed by atoms with Crippen LogP contribution in [0.2, 0.25) is 0 Å². The first-order valence-corrected chi connectivity index (χ1v) is 10.0. The van der Waals surface area contributed by atoms with Gasteiger partial charge in [-0.05, 0) is 30.7 Å². The SMILES string of the molecule is Cc1cccc(C=Nc2cccc(F)c2F)c1O.[Cl][Ti][Cl]. The summed E-state index contributed by atoms with van der Waals surface area (Å²) in [4.78, 5) is 3.84. The standard InChI is InChI=1S/C14H11F2NO.2ClH.Ti/c1-9-4-2-5-10(14(9)18)8-17-12-7-3-6-11(15)13(12)16;;;/h2-8,18H,1H3;2*1H;/q;;;+2/p-2. The molecule has 0 amide bonds. The van der Waals surface area contributed by atoms with E-state index in [1.165, 1.54) is 18.3 Å². The maximum atomic E-state index is 13.3. The molecule has 0 aliphatic heterocycles. The number of aryl methyl sites for hydroxylation is 1. The van der Waals surface area contributed by atoms with E-state index in [1.807, 2.05) is 0 Å². The second-order valence-electron chi connectivity index (χ2n) is 3.92. The number of rotatable bonds is 2. The molecule has 0 unspecified atom stereocenters. The van der Waals surface area contributed by atoms with Gasteiger partial charge in [0.05, 0.1) is 0 Å². The van der Waals surface area contributed by atoms with Crippen LogP contribution in [0.5, 0.6) is 5.75 Å². The van der Waals surface area contributed by atoms with Crippen molar-refractivity contribution in [2.24, 2.45) is 4.99 Å². The number of aliphatic imine (C=N–C) groups is 1. The Morgan fingerprint density at radius 3 is 2.43 bits per heavy atom. The molecule has 0 spiro atoms. The summed E-state index contributed by atoms with van der Waals surface area (Å²) < 4.78 is 26.3. The third-order valence-electron chi connectivity index (χ3n) is 2.54. The first kappa shape index (κ1) is 18.1. The molecule has 0 aliphatic carbocycles. The van der Waals surface area contributed by atoms with Crippen LogP contribution in [0.3, 0.4) is 0 Å². The Labute approximate surface area is 138 Å². The Morgan fingerprint density at radius 1 is 1.14 bits per heavy atom. The molecule has 2 nitrogen and oxygen atoms in total. The van der Waals surface area contributed by atoms with Crippen molar-refractivity contribution in [1.29, 1.82) is 0 Å². The molecule has 0 atom stereocenters. The van der Waals surface area contributed by atoms with Gasteiger partial charge in [-0.3, -0.25) is 4.99 Å². The summed E-state index contributed by atoms with van der Waals surface area (Å²) in [7, 11) is 9.78. The van der Waals surface area contributed by atoms with Crippen LogP contribution in [0.4, 0.5) is 14.5 Å². The summed E-state index contributed by atoms with van der Waals surface area (Å²) in [6, 6.07) is 8.90.